The molecule has 0 aliphatic carbocycles. The molecule has 0 radical (unpaired) electrons. The zero-order valence-electron chi connectivity index (χ0n) is 27.9. The predicted octanol–water partition coefficient (Wildman–Crippen LogP) is 15.1. The highest BCUT2D eigenvalue weighted by Crippen LogP contribution is 2.46. The second kappa shape index (κ2) is 11.7. The van der Waals surface area contributed by atoms with Crippen molar-refractivity contribution in [3.63, 3.8) is 0 Å². The number of rotatable bonds is 5. The van der Waals surface area contributed by atoms with Gasteiger partial charge in [-0.1, -0.05) is 97.1 Å². The first-order chi connectivity index (χ1) is 25.7. The van der Waals surface area contributed by atoms with Crippen LogP contribution in [0, 0.1) is 0 Å². The van der Waals surface area contributed by atoms with Gasteiger partial charge >= 0.3 is 0 Å². The number of hydrogen-bond donors (Lipinski definition) is 0. The summed E-state index contributed by atoms with van der Waals surface area (Å²) >= 11 is 3.71. The highest BCUT2D eigenvalue weighted by molar-refractivity contribution is 7.26. The minimum Gasteiger partial charge on any atom is -0.456 e. The minimum absolute atomic E-state index is 0.908. The van der Waals surface area contributed by atoms with Gasteiger partial charge in [0.25, 0.3) is 0 Å². The number of benzene rings is 8. The van der Waals surface area contributed by atoms with Crippen LogP contribution in [0.15, 0.2) is 180 Å². The topological polar surface area (TPSA) is 16.4 Å². The van der Waals surface area contributed by atoms with E-state index in [1.54, 1.807) is 0 Å². The number of hydrogen-bond acceptors (Lipinski definition) is 4. The molecule has 11 rings (SSSR count). The first-order valence-corrected chi connectivity index (χ1v) is 19.1. The molecule has 8 aromatic carbocycles. The molecule has 0 saturated carbocycles. The van der Waals surface area contributed by atoms with Crippen LogP contribution < -0.4 is 4.90 Å². The highest BCUT2D eigenvalue weighted by atomic mass is 32.1. The maximum atomic E-state index is 6.16. The van der Waals surface area contributed by atoms with Gasteiger partial charge in [0.15, 0.2) is 0 Å². The van der Waals surface area contributed by atoms with E-state index in [-0.39, 0.29) is 0 Å². The number of fused-ring (bicyclic) bond motifs is 9. The Bertz CT molecular complexity index is 3150. The molecular weight excluding hydrogens is 671 g/mol. The molecule has 2 nitrogen and oxygen atoms in total. The van der Waals surface area contributed by atoms with Gasteiger partial charge in [0.1, 0.15) is 11.2 Å². The normalized spacial score (nSPS) is 11.8. The zero-order chi connectivity index (χ0) is 34.2. The highest BCUT2D eigenvalue weighted by Gasteiger charge is 2.19. The summed E-state index contributed by atoms with van der Waals surface area (Å²) in [4.78, 5) is 2.43. The van der Waals surface area contributed by atoms with Gasteiger partial charge < -0.3 is 9.32 Å². The van der Waals surface area contributed by atoms with Gasteiger partial charge in [0.2, 0.25) is 0 Å². The van der Waals surface area contributed by atoms with Crippen LogP contribution in [0.1, 0.15) is 0 Å². The Hall–Kier alpha value is -6.20. The summed E-state index contributed by atoms with van der Waals surface area (Å²) in [6.45, 7) is 0. The molecule has 0 bridgehead atoms. The van der Waals surface area contributed by atoms with E-state index < -0.39 is 0 Å². The van der Waals surface area contributed by atoms with Crippen LogP contribution in [0.3, 0.4) is 0 Å². The fourth-order valence-electron chi connectivity index (χ4n) is 7.81. The maximum absolute atomic E-state index is 6.16. The molecule has 4 heteroatoms. The van der Waals surface area contributed by atoms with Crippen LogP contribution in [0.25, 0.3) is 84.5 Å². The van der Waals surface area contributed by atoms with E-state index in [0.717, 1.165) is 44.4 Å². The SMILES string of the molecule is c1cc(-c2ccc3oc4ccccc4c3c2)cc(N(c2ccc(-c3ccc4sc5ccccc5c4c3)cc2)c2cccc3sc4ccccc4c23)c1. The average Bonchev–Trinajstić information content (AvgIpc) is 3.89. The summed E-state index contributed by atoms with van der Waals surface area (Å²) in [6, 6.07) is 63.9. The second-order valence-electron chi connectivity index (χ2n) is 13.3. The molecule has 0 atom stereocenters. The van der Waals surface area contributed by atoms with Crippen molar-refractivity contribution < 1.29 is 4.42 Å². The maximum Gasteiger partial charge on any atom is 0.135 e. The minimum atomic E-state index is 0.908. The van der Waals surface area contributed by atoms with Crippen LogP contribution in [0.2, 0.25) is 0 Å². The standard InChI is InChI=1S/C48H29NOS2/c1-4-15-42-36(11-1)39-28-33(21-25-43(39)50-42)31-9-7-10-35(27-31)49(41-14-8-18-47-48(41)38-13-3-6-17-45(38)52-47)34-23-19-30(20-24-34)32-22-26-46-40(29-32)37-12-2-5-16-44(37)51-46/h1-29H. The van der Waals surface area contributed by atoms with Crippen LogP contribution in [-0.4, -0.2) is 0 Å². The van der Waals surface area contributed by atoms with Gasteiger partial charge in [0.05, 0.1) is 5.69 Å². The monoisotopic (exact) mass is 699 g/mol. The molecule has 0 fully saturated rings. The molecule has 0 unspecified atom stereocenters. The number of nitrogens with zero attached hydrogens (tertiary/aromatic N) is 1. The summed E-state index contributed by atoms with van der Waals surface area (Å²) < 4.78 is 11.4. The lowest BCUT2D eigenvalue weighted by Gasteiger charge is -2.27. The molecule has 244 valence electrons. The van der Waals surface area contributed by atoms with Crippen molar-refractivity contribution in [1.29, 1.82) is 0 Å². The van der Waals surface area contributed by atoms with Crippen LogP contribution in [0.4, 0.5) is 17.1 Å². The second-order valence-corrected chi connectivity index (χ2v) is 15.5. The molecule has 3 aromatic heterocycles. The van der Waals surface area contributed by atoms with Crippen molar-refractivity contribution in [3.05, 3.63) is 176 Å². The summed E-state index contributed by atoms with van der Waals surface area (Å²) in [5.41, 5.74) is 9.96. The van der Waals surface area contributed by atoms with E-state index in [9.17, 15) is 0 Å². The van der Waals surface area contributed by atoms with Gasteiger partial charge in [-0.25, -0.2) is 0 Å². The molecule has 0 spiro atoms. The summed E-state index contributed by atoms with van der Waals surface area (Å²) in [6.07, 6.45) is 0. The number of furan rings is 1. The molecule has 3 heterocycles. The first kappa shape index (κ1) is 29.5. The van der Waals surface area contributed by atoms with E-state index in [2.05, 4.69) is 169 Å². The Labute approximate surface area is 308 Å². The lowest BCUT2D eigenvalue weighted by atomic mass is 10.0. The van der Waals surface area contributed by atoms with E-state index in [4.69, 9.17) is 4.42 Å². The van der Waals surface area contributed by atoms with E-state index in [0.29, 0.717) is 0 Å². The average molecular weight is 700 g/mol. The fourth-order valence-corrected chi connectivity index (χ4v) is 10.0. The zero-order valence-corrected chi connectivity index (χ0v) is 29.5. The molecule has 11 aromatic rings. The molecule has 0 aliphatic rings. The third-order valence-electron chi connectivity index (χ3n) is 10.3. The van der Waals surface area contributed by atoms with Gasteiger partial charge in [-0.15, -0.1) is 22.7 Å². The molecule has 0 saturated heterocycles. The molecule has 0 N–H and O–H groups in total. The van der Waals surface area contributed by atoms with Gasteiger partial charge in [0, 0.05) is 62.5 Å². The predicted molar refractivity (Wildman–Crippen MR) is 225 cm³/mol. The molecular formula is C48H29NOS2. The van der Waals surface area contributed by atoms with Crippen LogP contribution in [0.5, 0.6) is 0 Å². The van der Waals surface area contributed by atoms with E-state index in [1.807, 2.05) is 34.8 Å². The molecule has 0 amide bonds. The quantitative estimate of drug-likeness (QED) is 0.178. The van der Waals surface area contributed by atoms with Gasteiger partial charge in [-0.05, 0) is 101 Å². The van der Waals surface area contributed by atoms with Crippen molar-refractivity contribution in [2.24, 2.45) is 0 Å². The Morgan fingerprint density at radius 1 is 0.346 bits per heavy atom. The summed E-state index contributed by atoms with van der Waals surface area (Å²) in [7, 11) is 0. The number of thiophene rings is 2. The van der Waals surface area contributed by atoms with Crippen molar-refractivity contribution in [2.75, 3.05) is 4.90 Å². The first-order valence-electron chi connectivity index (χ1n) is 17.5. The largest absolute Gasteiger partial charge is 0.456 e. The Balaban J connectivity index is 1.07. The molecule has 0 aliphatic heterocycles. The smallest absolute Gasteiger partial charge is 0.135 e. The van der Waals surface area contributed by atoms with Crippen molar-refractivity contribution in [3.8, 4) is 22.3 Å². The Kier molecular flexibility index (Phi) is 6.63. The lowest BCUT2D eigenvalue weighted by molar-refractivity contribution is 0.669. The fraction of sp³-hybridized carbons (Fsp3) is 0. The van der Waals surface area contributed by atoms with Crippen molar-refractivity contribution in [1.82, 2.24) is 0 Å². The molecule has 52 heavy (non-hydrogen) atoms. The van der Waals surface area contributed by atoms with Gasteiger partial charge in [-0.3, -0.25) is 0 Å². The van der Waals surface area contributed by atoms with Crippen molar-refractivity contribution in [2.45, 2.75) is 0 Å². The van der Waals surface area contributed by atoms with E-state index >= 15 is 0 Å². The van der Waals surface area contributed by atoms with Crippen LogP contribution >= 0.6 is 22.7 Å². The third-order valence-corrected chi connectivity index (χ3v) is 12.6. The lowest BCUT2D eigenvalue weighted by Crippen LogP contribution is -2.10. The summed E-state index contributed by atoms with van der Waals surface area (Å²) in [5.74, 6) is 0. The van der Waals surface area contributed by atoms with E-state index in [1.165, 1.54) is 57.2 Å². The third kappa shape index (κ3) is 4.69. The van der Waals surface area contributed by atoms with Crippen LogP contribution in [-0.2, 0) is 0 Å². The Morgan fingerprint density at radius 3 is 1.83 bits per heavy atom. The van der Waals surface area contributed by atoms with Crippen molar-refractivity contribution >= 4 is 102 Å². The Morgan fingerprint density at radius 2 is 0.942 bits per heavy atom. The number of para-hydroxylation sites is 1. The summed E-state index contributed by atoms with van der Waals surface area (Å²) in [5, 5.41) is 7.47. The van der Waals surface area contributed by atoms with Gasteiger partial charge in [-0.2, -0.15) is 0 Å². The number of anilines is 3.